The van der Waals surface area contributed by atoms with E-state index >= 15 is 0 Å². The van der Waals surface area contributed by atoms with Gasteiger partial charge in [0, 0.05) is 11.3 Å². The number of aryl methyl sites for hydroxylation is 1. The number of anilines is 1. The third kappa shape index (κ3) is 3.49. The number of ether oxygens (including phenoxy) is 1. The van der Waals surface area contributed by atoms with Gasteiger partial charge in [0.2, 0.25) is 0 Å². The minimum absolute atomic E-state index is 0.274. The van der Waals surface area contributed by atoms with E-state index in [0.717, 1.165) is 22.6 Å². The maximum Gasteiger partial charge on any atom is 0.291 e. The molecule has 0 fully saturated rings. The van der Waals surface area contributed by atoms with Crippen LogP contribution in [-0.4, -0.2) is 12.5 Å². The zero-order chi connectivity index (χ0) is 16.9. The monoisotopic (exact) mass is 321 g/mol. The summed E-state index contributed by atoms with van der Waals surface area (Å²) in [5.74, 6) is 1.47. The SMILES string of the molecule is CCOc1ccc(NC(=O)c2ccc(-c3ccccc3)o2)c(C)c1. The Morgan fingerprint density at radius 3 is 2.58 bits per heavy atom. The van der Waals surface area contributed by atoms with Crippen molar-refractivity contribution >= 4 is 11.6 Å². The molecule has 1 aromatic heterocycles. The molecule has 0 bridgehead atoms. The minimum Gasteiger partial charge on any atom is -0.494 e. The van der Waals surface area contributed by atoms with Crippen molar-refractivity contribution in [1.82, 2.24) is 0 Å². The highest BCUT2D eigenvalue weighted by Gasteiger charge is 2.13. The predicted molar refractivity (Wildman–Crippen MR) is 94.4 cm³/mol. The van der Waals surface area contributed by atoms with Gasteiger partial charge in [-0.2, -0.15) is 0 Å². The van der Waals surface area contributed by atoms with Gasteiger partial charge in [-0.25, -0.2) is 0 Å². The summed E-state index contributed by atoms with van der Waals surface area (Å²) in [6.07, 6.45) is 0. The Kier molecular flexibility index (Phi) is 4.66. The van der Waals surface area contributed by atoms with Crippen LogP contribution in [0.5, 0.6) is 5.75 Å². The quantitative estimate of drug-likeness (QED) is 0.726. The summed E-state index contributed by atoms with van der Waals surface area (Å²) in [5, 5.41) is 2.87. The van der Waals surface area contributed by atoms with Gasteiger partial charge in [0.05, 0.1) is 6.61 Å². The second-order valence-corrected chi connectivity index (χ2v) is 5.39. The Labute approximate surface area is 141 Å². The number of benzene rings is 2. The van der Waals surface area contributed by atoms with Gasteiger partial charge in [-0.05, 0) is 49.7 Å². The van der Waals surface area contributed by atoms with Crippen LogP contribution in [-0.2, 0) is 0 Å². The molecule has 2 aromatic carbocycles. The lowest BCUT2D eigenvalue weighted by Gasteiger charge is -2.09. The van der Waals surface area contributed by atoms with Crippen LogP contribution in [0.4, 0.5) is 5.69 Å². The fourth-order valence-corrected chi connectivity index (χ4v) is 2.43. The number of amides is 1. The molecule has 0 unspecified atom stereocenters. The summed E-state index contributed by atoms with van der Waals surface area (Å²) in [7, 11) is 0. The van der Waals surface area contributed by atoms with Crippen molar-refractivity contribution in [2.24, 2.45) is 0 Å². The van der Waals surface area contributed by atoms with E-state index in [2.05, 4.69) is 5.32 Å². The summed E-state index contributed by atoms with van der Waals surface area (Å²) in [6, 6.07) is 18.7. The summed E-state index contributed by atoms with van der Waals surface area (Å²) < 4.78 is 11.1. The van der Waals surface area contributed by atoms with Crippen molar-refractivity contribution < 1.29 is 13.9 Å². The molecular formula is C20H19NO3. The fourth-order valence-electron chi connectivity index (χ4n) is 2.43. The summed E-state index contributed by atoms with van der Waals surface area (Å²) >= 11 is 0. The van der Waals surface area contributed by atoms with Crippen molar-refractivity contribution in [1.29, 1.82) is 0 Å². The standard InChI is InChI=1S/C20H19NO3/c1-3-23-16-9-10-17(14(2)13-16)21-20(22)19-12-11-18(24-19)15-7-5-4-6-8-15/h4-13H,3H2,1-2H3,(H,21,22). The van der Waals surface area contributed by atoms with E-state index in [9.17, 15) is 4.79 Å². The Bertz CT molecular complexity index is 837. The largest absolute Gasteiger partial charge is 0.494 e. The number of hydrogen-bond acceptors (Lipinski definition) is 3. The van der Waals surface area contributed by atoms with E-state index in [1.165, 1.54) is 0 Å². The van der Waals surface area contributed by atoms with Crippen LogP contribution in [0.25, 0.3) is 11.3 Å². The molecule has 0 saturated heterocycles. The van der Waals surface area contributed by atoms with E-state index in [0.29, 0.717) is 12.4 Å². The van der Waals surface area contributed by atoms with Crippen molar-refractivity contribution in [2.45, 2.75) is 13.8 Å². The number of carbonyl (C=O) groups excluding carboxylic acids is 1. The minimum atomic E-state index is -0.274. The third-order valence-corrected chi connectivity index (χ3v) is 3.65. The van der Waals surface area contributed by atoms with Gasteiger partial charge in [0.25, 0.3) is 5.91 Å². The average molecular weight is 321 g/mol. The molecule has 0 aliphatic heterocycles. The van der Waals surface area contributed by atoms with Crippen molar-refractivity contribution in [3.63, 3.8) is 0 Å². The highest BCUT2D eigenvalue weighted by molar-refractivity contribution is 6.03. The molecule has 0 atom stereocenters. The molecule has 1 amide bonds. The first kappa shape index (κ1) is 15.9. The molecule has 0 radical (unpaired) electrons. The molecule has 0 aliphatic carbocycles. The molecule has 0 aliphatic rings. The van der Waals surface area contributed by atoms with E-state index in [1.807, 2.05) is 62.4 Å². The molecular weight excluding hydrogens is 302 g/mol. The zero-order valence-corrected chi connectivity index (χ0v) is 13.7. The Hall–Kier alpha value is -3.01. The normalized spacial score (nSPS) is 10.4. The van der Waals surface area contributed by atoms with E-state index in [1.54, 1.807) is 12.1 Å². The van der Waals surface area contributed by atoms with Crippen molar-refractivity contribution in [3.8, 4) is 17.1 Å². The maximum absolute atomic E-state index is 12.4. The molecule has 4 heteroatoms. The Morgan fingerprint density at radius 1 is 1.08 bits per heavy atom. The highest BCUT2D eigenvalue weighted by Crippen LogP contribution is 2.24. The first-order valence-corrected chi connectivity index (χ1v) is 7.87. The van der Waals surface area contributed by atoms with Crippen LogP contribution >= 0.6 is 0 Å². The number of rotatable bonds is 5. The van der Waals surface area contributed by atoms with Gasteiger partial charge in [-0.15, -0.1) is 0 Å². The van der Waals surface area contributed by atoms with Crippen LogP contribution in [0.15, 0.2) is 65.1 Å². The maximum atomic E-state index is 12.4. The lowest BCUT2D eigenvalue weighted by atomic mass is 10.2. The molecule has 0 saturated carbocycles. The van der Waals surface area contributed by atoms with Gasteiger partial charge >= 0.3 is 0 Å². The van der Waals surface area contributed by atoms with Crippen LogP contribution in [0.2, 0.25) is 0 Å². The zero-order valence-electron chi connectivity index (χ0n) is 13.7. The first-order chi connectivity index (χ1) is 11.7. The lowest BCUT2D eigenvalue weighted by Crippen LogP contribution is -2.11. The smallest absolute Gasteiger partial charge is 0.291 e. The molecule has 1 heterocycles. The number of nitrogens with one attached hydrogen (secondary N) is 1. The highest BCUT2D eigenvalue weighted by atomic mass is 16.5. The van der Waals surface area contributed by atoms with Gasteiger partial charge in [0.1, 0.15) is 11.5 Å². The molecule has 4 nitrogen and oxygen atoms in total. The third-order valence-electron chi connectivity index (χ3n) is 3.65. The molecule has 1 N–H and O–H groups in total. The fraction of sp³-hybridized carbons (Fsp3) is 0.150. The van der Waals surface area contributed by atoms with Gasteiger partial charge in [-0.1, -0.05) is 30.3 Å². The predicted octanol–water partition coefficient (Wildman–Crippen LogP) is 4.91. The summed E-state index contributed by atoms with van der Waals surface area (Å²) in [6.45, 7) is 4.47. The van der Waals surface area contributed by atoms with E-state index in [-0.39, 0.29) is 11.7 Å². The topological polar surface area (TPSA) is 51.5 Å². The van der Waals surface area contributed by atoms with Crippen LogP contribution < -0.4 is 10.1 Å². The number of furan rings is 1. The van der Waals surface area contributed by atoms with Crippen LogP contribution in [0, 0.1) is 6.92 Å². The molecule has 3 rings (SSSR count). The first-order valence-electron chi connectivity index (χ1n) is 7.87. The molecule has 0 spiro atoms. The molecule has 122 valence electrons. The Balaban J connectivity index is 1.75. The van der Waals surface area contributed by atoms with Gasteiger partial charge in [-0.3, -0.25) is 4.79 Å². The van der Waals surface area contributed by atoms with Gasteiger partial charge < -0.3 is 14.5 Å². The number of hydrogen-bond donors (Lipinski definition) is 1. The Morgan fingerprint density at radius 2 is 1.88 bits per heavy atom. The lowest BCUT2D eigenvalue weighted by molar-refractivity contribution is 0.0997. The number of carbonyl (C=O) groups is 1. The average Bonchev–Trinajstić information content (AvgIpc) is 3.08. The molecule has 3 aromatic rings. The van der Waals surface area contributed by atoms with Crippen LogP contribution in [0.3, 0.4) is 0 Å². The second kappa shape index (κ2) is 7.04. The second-order valence-electron chi connectivity index (χ2n) is 5.39. The van der Waals surface area contributed by atoms with E-state index < -0.39 is 0 Å². The summed E-state index contributed by atoms with van der Waals surface area (Å²) in [5.41, 5.74) is 2.61. The van der Waals surface area contributed by atoms with Crippen molar-refractivity contribution in [3.05, 3.63) is 72.0 Å². The van der Waals surface area contributed by atoms with E-state index in [4.69, 9.17) is 9.15 Å². The van der Waals surface area contributed by atoms with Crippen molar-refractivity contribution in [2.75, 3.05) is 11.9 Å². The van der Waals surface area contributed by atoms with Gasteiger partial charge in [0.15, 0.2) is 5.76 Å². The molecule has 24 heavy (non-hydrogen) atoms. The van der Waals surface area contributed by atoms with Crippen LogP contribution in [0.1, 0.15) is 23.0 Å². The summed E-state index contributed by atoms with van der Waals surface area (Å²) in [4.78, 5) is 12.4.